The van der Waals surface area contributed by atoms with Gasteiger partial charge in [-0.15, -0.1) is 0 Å². The molecule has 0 fully saturated rings. The lowest BCUT2D eigenvalue weighted by molar-refractivity contribution is 0.0471. The van der Waals surface area contributed by atoms with E-state index in [4.69, 9.17) is 19.5 Å². The molecule has 2 aromatic carbocycles. The van der Waals surface area contributed by atoms with Gasteiger partial charge in [-0.05, 0) is 54.4 Å². The standard InChI is InChI=1S/C20H22N2O6S/c1-14-11-18(26-2)19(27-3)12-16(14)13-28-20(23)15-5-7-17(8-6-15)29(24,25)22-10-4-9-21/h5-8,11-12,22H,4,10,13H2,1-3H3. The second-order valence-corrected chi connectivity index (χ2v) is 7.81. The summed E-state index contributed by atoms with van der Waals surface area (Å²) in [5, 5.41) is 8.49. The summed E-state index contributed by atoms with van der Waals surface area (Å²) in [7, 11) is -0.666. The second-order valence-electron chi connectivity index (χ2n) is 6.04. The van der Waals surface area contributed by atoms with Crippen LogP contribution in [0.2, 0.25) is 0 Å². The van der Waals surface area contributed by atoms with E-state index in [-0.39, 0.29) is 30.0 Å². The molecule has 0 amide bonds. The van der Waals surface area contributed by atoms with E-state index in [1.165, 1.54) is 31.4 Å². The van der Waals surface area contributed by atoms with Crippen LogP contribution in [0.15, 0.2) is 41.3 Å². The fourth-order valence-electron chi connectivity index (χ4n) is 2.50. The van der Waals surface area contributed by atoms with Gasteiger partial charge < -0.3 is 14.2 Å². The summed E-state index contributed by atoms with van der Waals surface area (Å²) in [6.07, 6.45) is 0.0687. The van der Waals surface area contributed by atoms with Crippen LogP contribution in [-0.2, 0) is 21.4 Å². The lowest BCUT2D eigenvalue weighted by atomic mass is 10.1. The number of sulfonamides is 1. The molecule has 0 saturated carbocycles. The second kappa shape index (κ2) is 9.91. The molecule has 8 nitrogen and oxygen atoms in total. The molecule has 0 radical (unpaired) electrons. The fraction of sp³-hybridized carbons (Fsp3) is 0.300. The smallest absolute Gasteiger partial charge is 0.338 e. The van der Waals surface area contributed by atoms with Crippen molar-refractivity contribution in [2.24, 2.45) is 0 Å². The van der Waals surface area contributed by atoms with E-state index in [2.05, 4.69) is 4.72 Å². The third-order valence-corrected chi connectivity index (χ3v) is 5.61. The highest BCUT2D eigenvalue weighted by Crippen LogP contribution is 2.30. The molecule has 0 bridgehead atoms. The van der Waals surface area contributed by atoms with Crippen LogP contribution in [0.1, 0.15) is 27.9 Å². The number of nitriles is 1. The Hall–Kier alpha value is -3.09. The minimum atomic E-state index is -3.73. The molecule has 0 atom stereocenters. The molecule has 29 heavy (non-hydrogen) atoms. The number of methoxy groups -OCH3 is 2. The molecule has 9 heteroatoms. The Morgan fingerprint density at radius 3 is 2.31 bits per heavy atom. The Kier molecular flexibility index (Phi) is 7.59. The molecule has 0 saturated heterocycles. The van der Waals surface area contributed by atoms with Crippen molar-refractivity contribution in [3.8, 4) is 17.6 Å². The van der Waals surface area contributed by atoms with Gasteiger partial charge in [-0.1, -0.05) is 0 Å². The minimum absolute atomic E-state index is 0.00252. The summed E-state index contributed by atoms with van der Waals surface area (Å²) in [4.78, 5) is 12.3. The number of hydrogen-bond donors (Lipinski definition) is 1. The number of rotatable bonds is 9. The van der Waals surface area contributed by atoms with Gasteiger partial charge in [0.25, 0.3) is 0 Å². The lowest BCUT2D eigenvalue weighted by Crippen LogP contribution is -2.24. The Morgan fingerprint density at radius 1 is 1.10 bits per heavy atom. The highest BCUT2D eigenvalue weighted by molar-refractivity contribution is 7.89. The van der Waals surface area contributed by atoms with Crippen molar-refractivity contribution in [2.75, 3.05) is 20.8 Å². The van der Waals surface area contributed by atoms with Gasteiger partial charge in [-0.3, -0.25) is 0 Å². The van der Waals surface area contributed by atoms with E-state index >= 15 is 0 Å². The number of carbonyl (C=O) groups excluding carboxylic acids is 1. The number of esters is 1. The quantitative estimate of drug-likeness (QED) is 0.491. The van der Waals surface area contributed by atoms with E-state index < -0.39 is 16.0 Å². The number of hydrogen-bond acceptors (Lipinski definition) is 7. The Bertz CT molecular complexity index is 1010. The Labute approximate surface area is 170 Å². The predicted octanol–water partition coefficient (Wildman–Crippen LogP) is 2.56. The average molecular weight is 418 g/mol. The Balaban J connectivity index is 2.06. The first kappa shape index (κ1) is 22.2. The molecule has 0 unspecified atom stereocenters. The van der Waals surface area contributed by atoms with Crippen molar-refractivity contribution in [2.45, 2.75) is 24.8 Å². The maximum atomic E-state index is 12.3. The van der Waals surface area contributed by atoms with Crippen LogP contribution >= 0.6 is 0 Å². The molecule has 0 aromatic heterocycles. The van der Waals surface area contributed by atoms with Crippen LogP contribution in [0.4, 0.5) is 0 Å². The van der Waals surface area contributed by atoms with E-state index in [1.807, 2.05) is 13.0 Å². The van der Waals surface area contributed by atoms with Crippen LogP contribution in [-0.4, -0.2) is 35.2 Å². The van der Waals surface area contributed by atoms with Gasteiger partial charge in [0.05, 0.1) is 30.7 Å². The molecule has 0 aliphatic carbocycles. The van der Waals surface area contributed by atoms with Gasteiger partial charge in [0.1, 0.15) is 6.61 Å². The molecule has 2 aromatic rings. The molecule has 0 aliphatic heterocycles. The zero-order valence-electron chi connectivity index (χ0n) is 16.4. The highest BCUT2D eigenvalue weighted by Gasteiger charge is 2.16. The van der Waals surface area contributed by atoms with E-state index in [0.29, 0.717) is 11.5 Å². The number of ether oxygens (including phenoxy) is 3. The number of carbonyl (C=O) groups is 1. The van der Waals surface area contributed by atoms with E-state index in [9.17, 15) is 13.2 Å². The molecule has 0 spiro atoms. The first-order chi connectivity index (χ1) is 13.8. The minimum Gasteiger partial charge on any atom is -0.493 e. The van der Waals surface area contributed by atoms with Crippen LogP contribution in [0.25, 0.3) is 0 Å². The monoisotopic (exact) mass is 418 g/mol. The zero-order valence-corrected chi connectivity index (χ0v) is 17.2. The van der Waals surface area contributed by atoms with Gasteiger partial charge in [-0.2, -0.15) is 5.26 Å². The van der Waals surface area contributed by atoms with Crippen LogP contribution in [0, 0.1) is 18.3 Å². The van der Waals surface area contributed by atoms with Gasteiger partial charge in [0.2, 0.25) is 10.0 Å². The summed E-state index contributed by atoms with van der Waals surface area (Å²) in [5.41, 5.74) is 1.86. The summed E-state index contributed by atoms with van der Waals surface area (Å²) in [5.74, 6) is 0.531. The van der Waals surface area contributed by atoms with Crippen molar-refractivity contribution in [3.63, 3.8) is 0 Å². The Morgan fingerprint density at radius 2 is 1.72 bits per heavy atom. The normalized spacial score (nSPS) is 10.8. The van der Waals surface area contributed by atoms with Gasteiger partial charge >= 0.3 is 5.97 Å². The summed E-state index contributed by atoms with van der Waals surface area (Å²) < 4.78 is 42.3. The third-order valence-electron chi connectivity index (χ3n) is 4.13. The number of aryl methyl sites for hydroxylation is 1. The molecule has 2 rings (SSSR count). The van der Waals surface area contributed by atoms with Crippen molar-refractivity contribution in [3.05, 3.63) is 53.1 Å². The van der Waals surface area contributed by atoms with E-state index in [0.717, 1.165) is 11.1 Å². The number of nitrogens with zero attached hydrogens (tertiary/aromatic N) is 1. The van der Waals surface area contributed by atoms with E-state index in [1.54, 1.807) is 19.2 Å². The summed E-state index contributed by atoms with van der Waals surface area (Å²) in [6, 6.07) is 10.8. The van der Waals surface area contributed by atoms with Crippen LogP contribution in [0.5, 0.6) is 11.5 Å². The third kappa shape index (κ3) is 5.70. The molecule has 0 aliphatic rings. The summed E-state index contributed by atoms with van der Waals surface area (Å²) >= 11 is 0. The van der Waals surface area contributed by atoms with Gasteiger partial charge in [0.15, 0.2) is 11.5 Å². The van der Waals surface area contributed by atoms with Crippen LogP contribution in [0.3, 0.4) is 0 Å². The van der Waals surface area contributed by atoms with Crippen LogP contribution < -0.4 is 14.2 Å². The maximum Gasteiger partial charge on any atom is 0.338 e. The maximum absolute atomic E-state index is 12.3. The zero-order chi connectivity index (χ0) is 21.4. The highest BCUT2D eigenvalue weighted by atomic mass is 32.2. The average Bonchev–Trinajstić information content (AvgIpc) is 2.72. The van der Waals surface area contributed by atoms with Crippen molar-refractivity contribution in [1.82, 2.24) is 4.72 Å². The summed E-state index contributed by atoms with van der Waals surface area (Å²) in [6.45, 7) is 1.91. The van der Waals surface area contributed by atoms with Crippen molar-refractivity contribution >= 4 is 16.0 Å². The molecule has 0 heterocycles. The topological polar surface area (TPSA) is 115 Å². The first-order valence-electron chi connectivity index (χ1n) is 8.67. The largest absolute Gasteiger partial charge is 0.493 e. The van der Waals surface area contributed by atoms with Gasteiger partial charge in [-0.25, -0.2) is 17.9 Å². The fourth-order valence-corrected chi connectivity index (χ4v) is 3.53. The first-order valence-corrected chi connectivity index (χ1v) is 10.2. The lowest BCUT2D eigenvalue weighted by Gasteiger charge is -2.13. The molecule has 154 valence electrons. The number of nitrogens with one attached hydrogen (secondary N) is 1. The molecular formula is C20H22N2O6S. The van der Waals surface area contributed by atoms with Gasteiger partial charge in [0, 0.05) is 13.0 Å². The molecular weight excluding hydrogens is 396 g/mol. The number of benzene rings is 2. The van der Waals surface area contributed by atoms with Crippen molar-refractivity contribution in [1.29, 1.82) is 5.26 Å². The predicted molar refractivity (Wildman–Crippen MR) is 105 cm³/mol. The van der Waals surface area contributed by atoms with Crippen molar-refractivity contribution < 1.29 is 27.4 Å². The SMILES string of the molecule is COc1cc(C)c(COC(=O)c2ccc(S(=O)(=O)NCCC#N)cc2)cc1OC. The molecule has 1 N–H and O–H groups in total.